The van der Waals surface area contributed by atoms with Crippen LogP contribution in [0, 0.1) is 0 Å². The Kier molecular flexibility index (Phi) is 4.67. The average molecular weight is 323 g/mol. The Labute approximate surface area is 141 Å². The number of fused-ring (bicyclic) bond motifs is 1. The molecule has 0 saturated carbocycles. The monoisotopic (exact) mass is 323 g/mol. The molecule has 0 heterocycles. The molecule has 1 aliphatic rings. The van der Waals surface area contributed by atoms with Gasteiger partial charge in [-0.3, -0.25) is 4.79 Å². The zero-order valence-corrected chi connectivity index (χ0v) is 13.7. The third-order valence-electron chi connectivity index (χ3n) is 4.07. The molecule has 0 spiro atoms. The highest BCUT2D eigenvalue weighted by Gasteiger charge is 2.32. The smallest absolute Gasteiger partial charge is 0.251 e. The van der Waals surface area contributed by atoms with Crippen molar-refractivity contribution in [1.29, 1.82) is 0 Å². The maximum Gasteiger partial charge on any atom is 0.251 e. The molecule has 0 radical (unpaired) electrons. The standard InChI is InChI=1S/C20H21NO3/c1-13(2)12-24-16-8-5-7-15(10-16)20(23)21-19-17-9-4-3-6-14(17)11-18(19)22/h3-10,18-19,22H,1,11-12H2,2H3,(H,21,23)/t18-,19+/m0/s1. The van der Waals surface area contributed by atoms with Crippen LogP contribution in [-0.4, -0.2) is 23.7 Å². The molecule has 2 aromatic rings. The van der Waals surface area contributed by atoms with E-state index in [-0.39, 0.29) is 11.9 Å². The van der Waals surface area contributed by atoms with Crippen LogP contribution in [0.1, 0.15) is 34.5 Å². The Morgan fingerprint density at radius 3 is 2.88 bits per heavy atom. The lowest BCUT2D eigenvalue weighted by Crippen LogP contribution is -2.33. The molecule has 0 unspecified atom stereocenters. The van der Waals surface area contributed by atoms with E-state index in [1.165, 1.54) is 0 Å². The van der Waals surface area contributed by atoms with Crippen LogP contribution in [0.4, 0.5) is 0 Å². The number of ether oxygens (including phenoxy) is 1. The van der Waals surface area contributed by atoms with Gasteiger partial charge in [0.15, 0.2) is 0 Å². The number of rotatable bonds is 5. The minimum Gasteiger partial charge on any atom is -0.489 e. The third kappa shape index (κ3) is 3.49. The number of hydrogen-bond donors (Lipinski definition) is 2. The van der Waals surface area contributed by atoms with Crippen LogP contribution in [0.15, 0.2) is 60.7 Å². The number of carbonyl (C=O) groups excluding carboxylic acids is 1. The van der Waals surface area contributed by atoms with Crippen molar-refractivity contribution >= 4 is 5.91 Å². The predicted octanol–water partition coefficient (Wildman–Crippen LogP) is 3.03. The molecule has 0 saturated heterocycles. The van der Waals surface area contributed by atoms with Crippen molar-refractivity contribution in [3.8, 4) is 5.75 Å². The largest absolute Gasteiger partial charge is 0.489 e. The van der Waals surface area contributed by atoms with Crippen molar-refractivity contribution in [1.82, 2.24) is 5.32 Å². The first-order chi connectivity index (χ1) is 11.5. The van der Waals surface area contributed by atoms with E-state index in [0.717, 1.165) is 16.7 Å². The maximum absolute atomic E-state index is 12.6. The fourth-order valence-corrected chi connectivity index (χ4v) is 2.91. The van der Waals surface area contributed by atoms with E-state index in [0.29, 0.717) is 24.3 Å². The molecule has 124 valence electrons. The van der Waals surface area contributed by atoms with Crippen molar-refractivity contribution in [2.75, 3.05) is 6.61 Å². The molecule has 0 aliphatic heterocycles. The van der Waals surface area contributed by atoms with Gasteiger partial charge in [0.05, 0.1) is 12.1 Å². The Hall–Kier alpha value is -2.59. The Balaban J connectivity index is 1.73. The number of benzene rings is 2. The summed E-state index contributed by atoms with van der Waals surface area (Å²) in [5.74, 6) is 0.398. The normalized spacial score (nSPS) is 18.8. The number of carbonyl (C=O) groups is 1. The minimum absolute atomic E-state index is 0.225. The molecule has 24 heavy (non-hydrogen) atoms. The van der Waals surface area contributed by atoms with E-state index in [9.17, 15) is 9.90 Å². The van der Waals surface area contributed by atoms with Gasteiger partial charge in [0, 0.05) is 12.0 Å². The van der Waals surface area contributed by atoms with Crippen LogP contribution in [0.5, 0.6) is 5.75 Å². The average Bonchev–Trinajstić information content (AvgIpc) is 2.89. The van der Waals surface area contributed by atoms with E-state index in [4.69, 9.17) is 4.74 Å². The van der Waals surface area contributed by atoms with E-state index in [1.807, 2.05) is 31.2 Å². The topological polar surface area (TPSA) is 58.6 Å². The lowest BCUT2D eigenvalue weighted by molar-refractivity contribution is 0.0858. The molecule has 0 fully saturated rings. The summed E-state index contributed by atoms with van der Waals surface area (Å²) in [4.78, 5) is 12.6. The van der Waals surface area contributed by atoms with Gasteiger partial charge in [-0.05, 0) is 41.8 Å². The first-order valence-corrected chi connectivity index (χ1v) is 7.98. The van der Waals surface area contributed by atoms with E-state index >= 15 is 0 Å². The zero-order valence-electron chi connectivity index (χ0n) is 13.7. The first kappa shape index (κ1) is 16.3. The first-order valence-electron chi connectivity index (χ1n) is 7.98. The third-order valence-corrected chi connectivity index (χ3v) is 4.07. The van der Waals surface area contributed by atoms with Gasteiger partial charge in [-0.25, -0.2) is 0 Å². The van der Waals surface area contributed by atoms with Crippen LogP contribution in [-0.2, 0) is 6.42 Å². The number of hydrogen-bond acceptors (Lipinski definition) is 3. The van der Waals surface area contributed by atoms with Crippen LogP contribution in [0.3, 0.4) is 0 Å². The number of aliphatic hydroxyl groups is 1. The van der Waals surface area contributed by atoms with E-state index in [2.05, 4.69) is 11.9 Å². The van der Waals surface area contributed by atoms with Crippen LogP contribution >= 0.6 is 0 Å². The Morgan fingerprint density at radius 1 is 1.29 bits per heavy atom. The van der Waals surface area contributed by atoms with Gasteiger partial charge < -0.3 is 15.2 Å². The molecule has 4 nitrogen and oxygen atoms in total. The molecule has 1 aliphatic carbocycles. The Morgan fingerprint density at radius 2 is 2.08 bits per heavy atom. The summed E-state index contributed by atoms with van der Waals surface area (Å²) in [7, 11) is 0. The van der Waals surface area contributed by atoms with Crippen LogP contribution in [0.2, 0.25) is 0 Å². The molecule has 2 aromatic carbocycles. The highest BCUT2D eigenvalue weighted by atomic mass is 16.5. The Bertz CT molecular complexity index is 769. The zero-order chi connectivity index (χ0) is 17.1. The van der Waals surface area contributed by atoms with Crippen molar-refractivity contribution in [2.45, 2.75) is 25.5 Å². The van der Waals surface area contributed by atoms with Gasteiger partial charge in [0.25, 0.3) is 5.91 Å². The van der Waals surface area contributed by atoms with Gasteiger partial charge in [-0.15, -0.1) is 0 Å². The summed E-state index contributed by atoms with van der Waals surface area (Å²) in [5.41, 5.74) is 3.48. The minimum atomic E-state index is -0.603. The lowest BCUT2D eigenvalue weighted by atomic mass is 10.1. The van der Waals surface area contributed by atoms with Crippen molar-refractivity contribution in [2.24, 2.45) is 0 Å². The van der Waals surface area contributed by atoms with Crippen LogP contribution < -0.4 is 10.1 Å². The summed E-state index contributed by atoms with van der Waals surface area (Å²) in [5, 5.41) is 13.2. The maximum atomic E-state index is 12.6. The molecule has 2 N–H and O–H groups in total. The highest BCUT2D eigenvalue weighted by Crippen LogP contribution is 2.31. The fraction of sp³-hybridized carbons (Fsp3) is 0.250. The molecular weight excluding hydrogens is 302 g/mol. The quantitative estimate of drug-likeness (QED) is 0.832. The molecule has 0 bridgehead atoms. The lowest BCUT2D eigenvalue weighted by Gasteiger charge is -2.18. The van der Waals surface area contributed by atoms with Gasteiger partial charge in [-0.1, -0.05) is 36.9 Å². The second kappa shape index (κ2) is 6.89. The molecule has 0 aromatic heterocycles. The summed E-state index contributed by atoms with van der Waals surface area (Å²) in [6.07, 6.45) is -0.0442. The van der Waals surface area contributed by atoms with Crippen LogP contribution in [0.25, 0.3) is 0 Å². The SMILES string of the molecule is C=C(C)COc1cccc(C(=O)N[C@@H]2c3ccccc3C[C@@H]2O)c1. The summed E-state index contributed by atoms with van der Waals surface area (Å²) < 4.78 is 5.58. The summed E-state index contributed by atoms with van der Waals surface area (Å²) in [6.45, 7) is 6.09. The van der Waals surface area contributed by atoms with Gasteiger partial charge in [-0.2, -0.15) is 0 Å². The van der Waals surface area contributed by atoms with E-state index in [1.54, 1.807) is 24.3 Å². The summed E-state index contributed by atoms with van der Waals surface area (Å²) in [6, 6.07) is 14.4. The number of nitrogens with one attached hydrogen (secondary N) is 1. The fourth-order valence-electron chi connectivity index (χ4n) is 2.91. The number of aliphatic hydroxyl groups excluding tert-OH is 1. The van der Waals surface area contributed by atoms with Gasteiger partial charge in [0.1, 0.15) is 12.4 Å². The number of amides is 1. The molecule has 4 heteroatoms. The summed E-state index contributed by atoms with van der Waals surface area (Å²) >= 11 is 0. The predicted molar refractivity (Wildman–Crippen MR) is 93.1 cm³/mol. The molecule has 3 rings (SSSR count). The van der Waals surface area contributed by atoms with Gasteiger partial charge >= 0.3 is 0 Å². The van der Waals surface area contributed by atoms with Crippen molar-refractivity contribution < 1.29 is 14.6 Å². The molecular formula is C20H21NO3. The van der Waals surface area contributed by atoms with E-state index < -0.39 is 6.10 Å². The molecule has 1 amide bonds. The second-order valence-electron chi connectivity index (χ2n) is 6.20. The second-order valence-corrected chi connectivity index (χ2v) is 6.20. The van der Waals surface area contributed by atoms with Crippen molar-refractivity contribution in [3.63, 3.8) is 0 Å². The highest BCUT2D eigenvalue weighted by molar-refractivity contribution is 5.95. The van der Waals surface area contributed by atoms with Gasteiger partial charge in [0.2, 0.25) is 0 Å². The van der Waals surface area contributed by atoms with Crippen molar-refractivity contribution in [3.05, 3.63) is 77.4 Å². The molecule has 2 atom stereocenters.